The fraction of sp³-hybridized carbons (Fsp3) is 0.560. The van der Waals surface area contributed by atoms with Crippen LogP contribution in [0.4, 0.5) is 8.78 Å². The zero-order valence-corrected chi connectivity index (χ0v) is 23.6. The number of carbonyl (C=O) groups is 1. The summed E-state index contributed by atoms with van der Waals surface area (Å²) in [4.78, 5) is 36.8. The molecule has 15 heteroatoms. The van der Waals surface area contributed by atoms with Crippen molar-refractivity contribution in [3.8, 4) is 5.75 Å². The zero-order chi connectivity index (χ0) is 30.0. The number of hydrogen-bond acceptors (Lipinski definition) is 10. The topological polar surface area (TPSA) is 166 Å². The first-order valence-electron chi connectivity index (χ1n) is 12.3. The third-order valence-electron chi connectivity index (χ3n) is 6.68. The number of H-pyrrole nitrogens is 1. The number of nitrogens with one attached hydrogen (secondary N) is 1. The molecule has 3 N–H and O–H groups in total. The van der Waals surface area contributed by atoms with Crippen LogP contribution in [0.25, 0.3) is 0 Å². The number of benzene rings is 1. The van der Waals surface area contributed by atoms with Crippen LogP contribution in [0.5, 0.6) is 5.75 Å². The van der Waals surface area contributed by atoms with Gasteiger partial charge in [-0.2, -0.15) is 0 Å². The van der Waals surface area contributed by atoms with Crippen molar-refractivity contribution in [2.75, 3.05) is 6.61 Å². The Labute approximate surface area is 227 Å². The standard InChI is InChI=1S/C25H31F2N2O10P/c1-23(2,3)14-7-15(24(4,5)6)18-13(16(14)26)10-36-40(35,39-18)37-11-25(27)19(32)17(31)21(38-25)29-8-12(9-30)20(33)28-22(29)34/h7-9,17,19,21,31-32H,10-11H2,1-6H3,(H,28,33,34)/t17-,19+,21-,25-,40?/m1/s1. The van der Waals surface area contributed by atoms with E-state index in [-0.39, 0.29) is 17.6 Å². The molecule has 4 rings (SSSR count). The highest BCUT2D eigenvalue weighted by atomic mass is 31.2. The van der Waals surface area contributed by atoms with E-state index in [1.54, 1.807) is 6.07 Å². The lowest BCUT2D eigenvalue weighted by Gasteiger charge is -2.34. The molecule has 2 aliphatic rings. The maximum absolute atomic E-state index is 15.7. The number of alkyl halides is 1. The van der Waals surface area contributed by atoms with E-state index in [0.717, 1.165) is 6.20 Å². The average Bonchev–Trinajstić information content (AvgIpc) is 3.06. The largest absolute Gasteiger partial charge is 0.530 e. The lowest BCUT2D eigenvalue weighted by atomic mass is 9.78. The van der Waals surface area contributed by atoms with Crippen molar-refractivity contribution in [3.05, 3.63) is 61.2 Å². The minimum Gasteiger partial charge on any atom is -0.403 e. The first-order valence-corrected chi connectivity index (χ1v) is 13.8. The third kappa shape index (κ3) is 5.31. The molecule has 0 aliphatic carbocycles. The average molecular weight is 588 g/mol. The number of hydrogen-bond donors (Lipinski definition) is 3. The Morgan fingerprint density at radius 3 is 2.40 bits per heavy atom. The lowest BCUT2D eigenvalue weighted by Crippen LogP contribution is -2.43. The number of aliphatic hydroxyl groups is 2. The fourth-order valence-corrected chi connectivity index (χ4v) is 5.65. The summed E-state index contributed by atoms with van der Waals surface area (Å²) in [6.07, 6.45) is -5.47. The smallest absolute Gasteiger partial charge is 0.403 e. The quantitative estimate of drug-likeness (QED) is 0.349. The molecule has 0 bridgehead atoms. The van der Waals surface area contributed by atoms with E-state index < -0.39 is 78.8 Å². The molecule has 5 atom stereocenters. The van der Waals surface area contributed by atoms with Crippen molar-refractivity contribution < 1.29 is 46.7 Å². The number of aromatic amines is 1. The third-order valence-corrected chi connectivity index (χ3v) is 7.98. The molecule has 1 fully saturated rings. The minimum absolute atomic E-state index is 0.0125. The summed E-state index contributed by atoms with van der Waals surface area (Å²) in [6.45, 7) is 9.19. The van der Waals surface area contributed by atoms with Gasteiger partial charge < -0.3 is 19.5 Å². The first kappa shape index (κ1) is 30.2. The summed E-state index contributed by atoms with van der Waals surface area (Å²) in [7, 11) is -4.62. The number of phosphoric ester groups is 1. The van der Waals surface area contributed by atoms with Gasteiger partial charge >= 0.3 is 13.5 Å². The van der Waals surface area contributed by atoms with Crippen molar-refractivity contribution in [3.63, 3.8) is 0 Å². The van der Waals surface area contributed by atoms with Gasteiger partial charge in [0.15, 0.2) is 12.5 Å². The molecule has 1 aromatic carbocycles. The van der Waals surface area contributed by atoms with E-state index >= 15 is 8.78 Å². The Balaban J connectivity index is 1.62. The number of ether oxygens (including phenoxy) is 1. The number of fused-ring (bicyclic) bond motifs is 1. The van der Waals surface area contributed by atoms with Crippen molar-refractivity contribution >= 4 is 14.1 Å². The van der Waals surface area contributed by atoms with Gasteiger partial charge in [-0.3, -0.25) is 28.2 Å². The second kappa shape index (κ2) is 9.97. The van der Waals surface area contributed by atoms with E-state index in [2.05, 4.69) is 0 Å². The molecule has 12 nitrogen and oxygen atoms in total. The molecule has 1 unspecified atom stereocenters. The van der Waals surface area contributed by atoms with E-state index in [1.165, 1.54) is 0 Å². The van der Waals surface area contributed by atoms with Gasteiger partial charge in [0, 0.05) is 11.8 Å². The maximum atomic E-state index is 15.7. The van der Waals surface area contributed by atoms with Gasteiger partial charge in [-0.15, -0.1) is 0 Å². The molecule has 0 saturated carbocycles. The van der Waals surface area contributed by atoms with Crippen LogP contribution in [0, 0.1) is 5.82 Å². The molecule has 0 radical (unpaired) electrons. The molecular weight excluding hydrogens is 557 g/mol. The molecule has 1 aromatic heterocycles. The van der Waals surface area contributed by atoms with Gasteiger partial charge in [0.2, 0.25) is 0 Å². The number of aromatic nitrogens is 2. The molecule has 3 heterocycles. The van der Waals surface area contributed by atoms with Gasteiger partial charge in [-0.05, 0) is 22.5 Å². The van der Waals surface area contributed by atoms with Crippen LogP contribution in [-0.4, -0.2) is 50.7 Å². The second-order valence-corrected chi connectivity index (χ2v) is 13.4. The Bertz CT molecular complexity index is 1510. The van der Waals surface area contributed by atoms with Gasteiger partial charge in [-0.1, -0.05) is 41.5 Å². The van der Waals surface area contributed by atoms with Crippen LogP contribution in [0.2, 0.25) is 0 Å². The predicted molar refractivity (Wildman–Crippen MR) is 135 cm³/mol. The second-order valence-electron chi connectivity index (χ2n) is 11.8. The molecule has 2 aromatic rings. The van der Waals surface area contributed by atoms with Crippen molar-refractivity contribution in [2.24, 2.45) is 0 Å². The SMILES string of the molecule is CC(C)(C)c1cc(C(C)(C)C)c2c(c1F)COP(=O)(OC[C@@]1(F)O[C@@H](n3cc(C=O)c(=O)[nH]c3=O)[C@H](O)[C@@H]1O)O2. The van der Waals surface area contributed by atoms with Crippen molar-refractivity contribution in [2.45, 2.75) is 83.3 Å². The first-order chi connectivity index (χ1) is 18.3. The Hall–Kier alpha value is -2.74. The number of aliphatic hydroxyl groups excluding tert-OH is 2. The van der Waals surface area contributed by atoms with Gasteiger partial charge in [0.1, 0.15) is 30.4 Å². The molecule has 0 amide bonds. The normalized spacial score (nSPS) is 28.7. The highest BCUT2D eigenvalue weighted by Gasteiger charge is 2.58. The van der Waals surface area contributed by atoms with Gasteiger partial charge in [-0.25, -0.2) is 18.1 Å². The molecular formula is C25H31F2N2O10P. The summed E-state index contributed by atoms with van der Waals surface area (Å²) < 4.78 is 66.1. The number of nitrogens with zero attached hydrogens (tertiary/aromatic N) is 1. The molecule has 0 spiro atoms. The highest BCUT2D eigenvalue weighted by Crippen LogP contribution is 2.58. The van der Waals surface area contributed by atoms with Crippen molar-refractivity contribution in [1.29, 1.82) is 0 Å². The maximum Gasteiger partial charge on any atom is 0.530 e. The summed E-state index contributed by atoms with van der Waals surface area (Å²) >= 11 is 0. The molecule has 1 saturated heterocycles. The zero-order valence-electron chi connectivity index (χ0n) is 22.7. The van der Waals surface area contributed by atoms with E-state index in [1.807, 2.05) is 46.5 Å². The van der Waals surface area contributed by atoms with Crippen LogP contribution in [0.3, 0.4) is 0 Å². The van der Waals surface area contributed by atoms with Gasteiger partial charge in [0.25, 0.3) is 11.4 Å². The number of halogens is 2. The van der Waals surface area contributed by atoms with E-state index in [0.29, 0.717) is 15.7 Å². The summed E-state index contributed by atoms with van der Waals surface area (Å²) in [6, 6.07) is 1.61. The molecule has 2 aliphatic heterocycles. The van der Waals surface area contributed by atoms with Crippen molar-refractivity contribution in [1.82, 2.24) is 9.55 Å². The van der Waals surface area contributed by atoms with Crippen LogP contribution >= 0.6 is 7.82 Å². The number of carbonyl (C=O) groups excluding carboxylic acids is 1. The molecule has 40 heavy (non-hydrogen) atoms. The number of aldehydes is 1. The Morgan fingerprint density at radius 1 is 1.20 bits per heavy atom. The Kier molecular flexibility index (Phi) is 7.53. The highest BCUT2D eigenvalue weighted by molar-refractivity contribution is 7.49. The van der Waals surface area contributed by atoms with Crippen LogP contribution in [0.15, 0.2) is 21.9 Å². The van der Waals surface area contributed by atoms with Crippen LogP contribution in [-0.2, 0) is 35.8 Å². The van der Waals surface area contributed by atoms with Gasteiger partial charge in [0.05, 0.1) is 17.7 Å². The molecule has 220 valence electrons. The number of rotatable bonds is 5. The fourth-order valence-electron chi connectivity index (χ4n) is 4.41. The summed E-state index contributed by atoms with van der Waals surface area (Å²) in [5, 5.41) is 20.8. The van der Waals surface area contributed by atoms with Crippen LogP contribution < -0.4 is 15.8 Å². The summed E-state index contributed by atoms with van der Waals surface area (Å²) in [5.41, 5.74) is -2.98. The Morgan fingerprint density at radius 2 is 1.82 bits per heavy atom. The monoisotopic (exact) mass is 588 g/mol. The number of phosphoric acid groups is 1. The summed E-state index contributed by atoms with van der Waals surface area (Å²) in [5.74, 6) is -3.93. The predicted octanol–water partition coefficient (Wildman–Crippen LogP) is 2.73. The van der Waals surface area contributed by atoms with E-state index in [4.69, 9.17) is 18.3 Å². The minimum atomic E-state index is -4.62. The lowest BCUT2D eigenvalue weighted by molar-refractivity contribution is -0.205. The van der Waals surface area contributed by atoms with Crippen LogP contribution in [0.1, 0.15) is 74.8 Å². The van der Waals surface area contributed by atoms with E-state index in [9.17, 15) is 29.2 Å².